The van der Waals surface area contributed by atoms with Crippen molar-refractivity contribution < 1.29 is 19.6 Å². The molecule has 2 heterocycles. The van der Waals surface area contributed by atoms with Crippen LogP contribution in [0.4, 0.5) is 5.69 Å². The zero-order chi connectivity index (χ0) is 25.6. The Morgan fingerprint density at radius 3 is 2.61 bits per heavy atom. The number of carboxylic acid groups (broad SMARTS) is 1. The number of H-pyrrole nitrogens is 2. The number of hydrogen-bond acceptors (Lipinski definition) is 7. The second-order valence-corrected chi connectivity index (χ2v) is 9.22. The summed E-state index contributed by atoms with van der Waals surface area (Å²) in [5.41, 5.74) is 1.82. The Kier molecular flexibility index (Phi) is 5.88. The van der Waals surface area contributed by atoms with E-state index in [1.165, 1.54) is 6.07 Å². The van der Waals surface area contributed by atoms with E-state index in [1.54, 1.807) is 18.2 Å². The van der Waals surface area contributed by atoms with Gasteiger partial charge in [-0.1, -0.05) is 6.07 Å². The molecular formula is C24H23N5O7. The van der Waals surface area contributed by atoms with Gasteiger partial charge in [0.2, 0.25) is 5.91 Å². The van der Waals surface area contributed by atoms with Crippen molar-refractivity contribution in [2.75, 3.05) is 6.54 Å². The number of nitro benzene ring substituents is 1. The predicted molar refractivity (Wildman–Crippen MR) is 128 cm³/mol. The summed E-state index contributed by atoms with van der Waals surface area (Å²) in [4.78, 5) is 63.9. The van der Waals surface area contributed by atoms with E-state index in [9.17, 15) is 34.4 Å². The maximum Gasteiger partial charge on any atom is 0.335 e. The van der Waals surface area contributed by atoms with Crippen molar-refractivity contribution in [3.63, 3.8) is 0 Å². The fourth-order valence-electron chi connectivity index (χ4n) is 5.14. The topological polar surface area (TPSA) is 187 Å². The second-order valence-electron chi connectivity index (χ2n) is 9.22. The van der Waals surface area contributed by atoms with Gasteiger partial charge in [0.1, 0.15) is 0 Å². The molecule has 0 radical (unpaired) electrons. The molecule has 0 fully saturated rings. The number of hydrogen-bond donors (Lipinski definition) is 5. The molecule has 1 amide bonds. The van der Waals surface area contributed by atoms with Crippen molar-refractivity contribution in [2.24, 2.45) is 5.92 Å². The van der Waals surface area contributed by atoms with E-state index in [-0.39, 0.29) is 28.6 Å². The van der Waals surface area contributed by atoms with Crippen molar-refractivity contribution in [2.45, 2.75) is 38.3 Å². The lowest BCUT2D eigenvalue weighted by Crippen LogP contribution is -2.49. The van der Waals surface area contributed by atoms with Gasteiger partial charge in [-0.15, -0.1) is 0 Å². The summed E-state index contributed by atoms with van der Waals surface area (Å²) in [7, 11) is 0. The van der Waals surface area contributed by atoms with Gasteiger partial charge in [0, 0.05) is 24.7 Å². The molecule has 2 aromatic carbocycles. The number of aromatic carboxylic acids is 1. The minimum absolute atomic E-state index is 0.0309. The van der Waals surface area contributed by atoms with Crippen molar-refractivity contribution >= 4 is 28.6 Å². The van der Waals surface area contributed by atoms with E-state index in [2.05, 4.69) is 20.6 Å². The highest BCUT2D eigenvalue weighted by molar-refractivity contribution is 5.88. The Morgan fingerprint density at radius 1 is 1.08 bits per heavy atom. The first-order valence-electron chi connectivity index (χ1n) is 11.5. The monoisotopic (exact) mass is 493 g/mol. The second kappa shape index (κ2) is 9.04. The normalized spacial score (nSPS) is 18.8. The first-order valence-corrected chi connectivity index (χ1v) is 11.5. The van der Waals surface area contributed by atoms with Crippen molar-refractivity contribution in [3.8, 4) is 0 Å². The Morgan fingerprint density at radius 2 is 1.86 bits per heavy atom. The third kappa shape index (κ3) is 4.26. The molecule has 0 saturated heterocycles. The molecular weight excluding hydrogens is 470 g/mol. The van der Waals surface area contributed by atoms with E-state index in [0.717, 1.165) is 11.1 Å². The summed E-state index contributed by atoms with van der Waals surface area (Å²) < 4.78 is 0. The first-order chi connectivity index (χ1) is 17.2. The maximum atomic E-state index is 12.9. The number of aromatic nitrogens is 2. The van der Waals surface area contributed by atoms with Gasteiger partial charge in [-0.2, -0.15) is 0 Å². The average Bonchev–Trinajstić information content (AvgIpc) is 2.86. The highest BCUT2D eigenvalue weighted by atomic mass is 16.6. The molecule has 186 valence electrons. The van der Waals surface area contributed by atoms with Crippen LogP contribution in [0, 0.1) is 16.0 Å². The number of aromatic amines is 2. The summed E-state index contributed by atoms with van der Waals surface area (Å²) in [5, 5.41) is 27.0. The Bertz CT molecular complexity index is 1540. The lowest BCUT2D eigenvalue weighted by atomic mass is 9.82. The molecule has 5 N–H and O–H groups in total. The minimum Gasteiger partial charge on any atom is -0.478 e. The fourth-order valence-corrected chi connectivity index (χ4v) is 5.14. The van der Waals surface area contributed by atoms with Crippen LogP contribution >= 0.6 is 0 Å². The van der Waals surface area contributed by atoms with Gasteiger partial charge in [-0.25, -0.2) is 4.79 Å². The van der Waals surface area contributed by atoms with Crippen LogP contribution in [0.25, 0.3) is 11.0 Å². The van der Waals surface area contributed by atoms with Crippen LogP contribution in [0.1, 0.15) is 39.0 Å². The third-order valence-electron chi connectivity index (χ3n) is 7.01. The van der Waals surface area contributed by atoms with E-state index < -0.39 is 28.1 Å². The smallest absolute Gasteiger partial charge is 0.335 e. The number of carbonyl (C=O) groups excluding carboxylic acids is 1. The molecule has 1 aliphatic heterocycles. The maximum absolute atomic E-state index is 12.9. The summed E-state index contributed by atoms with van der Waals surface area (Å²) in [6, 6.07) is 5.65. The lowest BCUT2D eigenvalue weighted by Gasteiger charge is -2.28. The van der Waals surface area contributed by atoms with Crippen LogP contribution in [-0.2, 0) is 30.6 Å². The van der Waals surface area contributed by atoms with E-state index in [0.29, 0.717) is 55.4 Å². The van der Waals surface area contributed by atoms with Gasteiger partial charge in [-0.3, -0.25) is 24.5 Å². The molecule has 1 aliphatic carbocycles. The Balaban J connectivity index is 1.32. The largest absolute Gasteiger partial charge is 0.478 e. The number of carboxylic acids is 1. The molecule has 2 atom stereocenters. The first kappa shape index (κ1) is 23.4. The summed E-state index contributed by atoms with van der Waals surface area (Å²) >= 11 is 0. The van der Waals surface area contributed by atoms with Gasteiger partial charge in [0.15, 0.2) is 0 Å². The Hall–Kier alpha value is -4.32. The summed E-state index contributed by atoms with van der Waals surface area (Å²) in [6.07, 6.45) is 1.76. The standard InChI is InChI=1S/C24H23N5O7/c30-21(18-7-14-6-12(24(33)34)2-3-13(14)10-25-18)26-9-11-1-4-15-16(5-11)20-17(8-19(15)29(35)36)27-22(31)23(32)28-20/h2-3,6,8,11,18,25H,1,4-5,7,9-10H2,(H,26,30)(H,27,31)(H,28,32)(H,33,34). The number of rotatable bonds is 5. The van der Waals surface area contributed by atoms with Crippen LogP contribution in [0.2, 0.25) is 0 Å². The van der Waals surface area contributed by atoms with Crippen molar-refractivity contribution in [3.05, 3.63) is 82.9 Å². The van der Waals surface area contributed by atoms with Crippen LogP contribution in [0.3, 0.4) is 0 Å². The van der Waals surface area contributed by atoms with Crippen LogP contribution in [-0.4, -0.2) is 44.5 Å². The molecule has 12 heteroatoms. The number of nitrogens with one attached hydrogen (secondary N) is 4. The number of benzene rings is 2. The third-order valence-corrected chi connectivity index (χ3v) is 7.01. The molecule has 0 saturated carbocycles. The van der Waals surface area contributed by atoms with Crippen molar-refractivity contribution in [1.82, 2.24) is 20.6 Å². The van der Waals surface area contributed by atoms with Crippen molar-refractivity contribution in [1.29, 1.82) is 0 Å². The summed E-state index contributed by atoms with van der Waals surface area (Å²) in [5.74, 6) is -1.27. The van der Waals surface area contributed by atoms with Crippen LogP contribution in [0.5, 0.6) is 0 Å². The molecule has 36 heavy (non-hydrogen) atoms. The fraction of sp³-hybridized carbons (Fsp3) is 0.333. The van der Waals surface area contributed by atoms with E-state index in [4.69, 9.17) is 0 Å². The van der Waals surface area contributed by atoms with Gasteiger partial charge >= 0.3 is 17.1 Å². The molecule has 5 rings (SSSR count). The minimum atomic E-state index is -1.02. The Labute approximate surface area is 202 Å². The quantitative estimate of drug-likeness (QED) is 0.196. The molecule has 1 aromatic heterocycles. The highest BCUT2D eigenvalue weighted by Crippen LogP contribution is 2.35. The van der Waals surface area contributed by atoms with Gasteiger partial charge in [0.05, 0.1) is 27.6 Å². The van der Waals surface area contributed by atoms with E-state index >= 15 is 0 Å². The van der Waals surface area contributed by atoms with Crippen LogP contribution < -0.4 is 21.8 Å². The predicted octanol–water partition coefficient (Wildman–Crippen LogP) is 0.758. The number of carbonyl (C=O) groups is 2. The van der Waals surface area contributed by atoms with Gasteiger partial charge < -0.3 is 25.7 Å². The highest BCUT2D eigenvalue weighted by Gasteiger charge is 2.30. The zero-order valence-corrected chi connectivity index (χ0v) is 19.1. The molecule has 0 spiro atoms. The van der Waals surface area contributed by atoms with Gasteiger partial charge in [0.25, 0.3) is 5.69 Å². The number of nitrogens with zero attached hydrogens (tertiary/aromatic N) is 1. The number of fused-ring (bicyclic) bond motifs is 4. The molecule has 0 bridgehead atoms. The average molecular weight is 493 g/mol. The number of nitro groups is 1. The SMILES string of the molecule is O=C(O)c1ccc2c(c1)CC(C(=O)NCC1CCc3c([N+](=O)[O-])cc4[nH]c(=O)c(=O)[nH]c4c3C1)NC2. The molecule has 2 aliphatic rings. The summed E-state index contributed by atoms with van der Waals surface area (Å²) in [6.45, 7) is 0.779. The van der Waals surface area contributed by atoms with Gasteiger partial charge in [-0.05, 0) is 60.4 Å². The van der Waals surface area contributed by atoms with Crippen LogP contribution in [0.15, 0.2) is 33.9 Å². The lowest BCUT2D eigenvalue weighted by molar-refractivity contribution is -0.385. The molecule has 3 aromatic rings. The number of amides is 1. The zero-order valence-electron chi connectivity index (χ0n) is 19.1. The van der Waals surface area contributed by atoms with E-state index in [1.807, 2.05) is 0 Å². The molecule has 2 unspecified atom stereocenters. The molecule has 12 nitrogen and oxygen atoms in total.